The Bertz CT molecular complexity index is 814. The summed E-state index contributed by atoms with van der Waals surface area (Å²) in [6.07, 6.45) is 2.73. The van der Waals surface area contributed by atoms with E-state index in [2.05, 4.69) is 10.2 Å². The number of furan rings is 1. The number of anilines is 1. The number of benzene rings is 1. The van der Waals surface area contributed by atoms with Gasteiger partial charge in [0.2, 0.25) is 11.8 Å². The van der Waals surface area contributed by atoms with Crippen LogP contribution in [0.4, 0.5) is 10.1 Å². The third-order valence-corrected chi connectivity index (χ3v) is 5.50. The molecule has 1 saturated carbocycles. The zero-order valence-electron chi connectivity index (χ0n) is 15.6. The second kappa shape index (κ2) is 8.04. The summed E-state index contributed by atoms with van der Waals surface area (Å²) >= 11 is 0. The summed E-state index contributed by atoms with van der Waals surface area (Å²) in [5.74, 6) is 0.787. The van der Waals surface area contributed by atoms with E-state index >= 15 is 0 Å². The van der Waals surface area contributed by atoms with Gasteiger partial charge in [0.1, 0.15) is 11.6 Å². The Morgan fingerprint density at radius 2 is 1.86 bits per heavy atom. The van der Waals surface area contributed by atoms with E-state index < -0.39 is 0 Å². The van der Waals surface area contributed by atoms with E-state index in [0.29, 0.717) is 26.1 Å². The highest BCUT2D eigenvalue weighted by Gasteiger charge is 2.45. The van der Waals surface area contributed by atoms with Crippen LogP contribution in [0.25, 0.3) is 0 Å². The summed E-state index contributed by atoms with van der Waals surface area (Å²) in [6.45, 7) is 3.06. The average Bonchev–Trinajstić information content (AvgIpc) is 3.33. The first kappa shape index (κ1) is 18.5. The Labute approximate surface area is 163 Å². The normalized spacial score (nSPS) is 21.5. The van der Waals surface area contributed by atoms with E-state index in [9.17, 15) is 14.0 Å². The molecule has 2 atom stereocenters. The fourth-order valence-corrected chi connectivity index (χ4v) is 3.75. The van der Waals surface area contributed by atoms with Crippen molar-refractivity contribution in [3.63, 3.8) is 0 Å². The molecule has 1 N–H and O–H groups in total. The molecule has 1 aliphatic carbocycles. The number of piperazine rings is 1. The molecule has 2 aliphatic rings. The van der Waals surface area contributed by atoms with Crippen molar-refractivity contribution < 1.29 is 18.4 Å². The molecule has 28 heavy (non-hydrogen) atoms. The molecule has 7 heteroatoms. The maximum atomic E-state index is 13.0. The zero-order valence-corrected chi connectivity index (χ0v) is 15.6. The topological polar surface area (TPSA) is 65.8 Å². The van der Waals surface area contributed by atoms with Gasteiger partial charge in [-0.05, 0) is 42.8 Å². The first-order valence-corrected chi connectivity index (χ1v) is 9.71. The van der Waals surface area contributed by atoms with E-state index in [1.54, 1.807) is 18.4 Å². The summed E-state index contributed by atoms with van der Waals surface area (Å²) in [5.41, 5.74) is 0.969. The van der Waals surface area contributed by atoms with E-state index in [1.807, 2.05) is 17.0 Å². The SMILES string of the molecule is O=C(NCCC(=O)N1CCN(c2ccc(F)cc2)CC1)C1CC1c1ccco1. The Balaban J connectivity index is 1.16. The minimum Gasteiger partial charge on any atom is -0.469 e. The molecule has 0 spiro atoms. The predicted octanol–water partition coefficient (Wildman–Crippen LogP) is 2.38. The summed E-state index contributed by atoms with van der Waals surface area (Å²) < 4.78 is 18.4. The molecule has 2 aromatic rings. The number of hydrogen-bond acceptors (Lipinski definition) is 4. The standard InChI is InChI=1S/C21H24FN3O3/c22-15-3-5-16(6-4-15)24-9-11-25(12-10-24)20(26)7-8-23-21(27)18-14-17(18)19-2-1-13-28-19/h1-6,13,17-18H,7-12,14H2,(H,23,27). The maximum absolute atomic E-state index is 13.0. The maximum Gasteiger partial charge on any atom is 0.224 e. The van der Waals surface area contributed by atoms with Gasteiger partial charge in [0.15, 0.2) is 0 Å². The quantitative estimate of drug-likeness (QED) is 0.829. The van der Waals surface area contributed by atoms with Crippen LogP contribution in [0.2, 0.25) is 0 Å². The van der Waals surface area contributed by atoms with Gasteiger partial charge < -0.3 is 19.5 Å². The molecule has 2 unspecified atom stereocenters. The van der Waals surface area contributed by atoms with Crippen LogP contribution >= 0.6 is 0 Å². The fraction of sp³-hybridized carbons (Fsp3) is 0.429. The van der Waals surface area contributed by atoms with Crippen molar-refractivity contribution >= 4 is 17.5 Å². The number of hydrogen-bond donors (Lipinski definition) is 1. The van der Waals surface area contributed by atoms with Crippen molar-refractivity contribution in [1.82, 2.24) is 10.2 Å². The van der Waals surface area contributed by atoms with Crippen LogP contribution in [0.15, 0.2) is 47.1 Å². The van der Waals surface area contributed by atoms with Crippen molar-refractivity contribution in [3.8, 4) is 0 Å². The van der Waals surface area contributed by atoms with Crippen LogP contribution in [-0.4, -0.2) is 49.4 Å². The van der Waals surface area contributed by atoms with Crippen molar-refractivity contribution in [2.75, 3.05) is 37.6 Å². The van der Waals surface area contributed by atoms with Gasteiger partial charge in [0, 0.05) is 56.7 Å². The van der Waals surface area contributed by atoms with Crippen LogP contribution < -0.4 is 10.2 Å². The van der Waals surface area contributed by atoms with Crippen LogP contribution in [-0.2, 0) is 9.59 Å². The molecule has 2 fully saturated rings. The van der Waals surface area contributed by atoms with Crippen LogP contribution in [0.1, 0.15) is 24.5 Å². The van der Waals surface area contributed by atoms with Gasteiger partial charge >= 0.3 is 0 Å². The highest BCUT2D eigenvalue weighted by molar-refractivity contribution is 5.83. The van der Waals surface area contributed by atoms with Gasteiger partial charge in [-0.1, -0.05) is 0 Å². The molecule has 2 heterocycles. The number of halogens is 1. The largest absolute Gasteiger partial charge is 0.469 e. The van der Waals surface area contributed by atoms with Crippen LogP contribution in [0.3, 0.4) is 0 Å². The minimum atomic E-state index is -0.249. The lowest BCUT2D eigenvalue weighted by Crippen LogP contribution is -2.49. The Morgan fingerprint density at radius 1 is 1.11 bits per heavy atom. The van der Waals surface area contributed by atoms with Crippen molar-refractivity contribution in [1.29, 1.82) is 0 Å². The summed E-state index contributed by atoms with van der Waals surface area (Å²) in [5, 5.41) is 2.87. The van der Waals surface area contributed by atoms with Gasteiger partial charge in [-0.25, -0.2) is 4.39 Å². The molecule has 4 rings (SSSR count). The Kier molecular flexibility index (Phi) is 5.32. The molecule has 0 bridgehead atoms. The molecule has 2 amide bonds. The van der Waals surface area contributed by atoms with Crippen molar-refractivity contribution in [2.24, 2.45) is 5.92 Å². The molecule has 6 nitrogen and oxygen atoms in total. The second-order valence-electron chi connectivity index (χ2n) is 7.35. The first-order valence-electron chi connectivity index (χ1n) is 9.71. The number of amides is 2. The van der Waals surface area contributed by atoms with Crippen LogP contribution in [0, 0.1) is 11.7 Å². The monoisotopic (exact) mass is 385 g/mol. The van der Waals surface area contributed by atoms with E-state index in [-0.39, 0.29) is 29.5 Å². The number of carbonyl (C=O) groups excluding carboxylic acids is 2. The minimum absolute atomic E-state index is 0.00432. The van der Waals surface area contributed by atoms with E-state index in [1.165, 1.54) is 12.1 Å². The lowest BCUT2D eigenvalue weighted by atomic mass is 10.2. The molecule has 148 valence electrons. The molecule has 1 saturated heterocycles. The summed E-state index contributed by atoms with van der Waals surface area (Å²) in [7, 11) is 0. The molecule has 1 aromatic heterocycles. The fourth-order valence-electron chi connectivity index (χ4n) is 3.75. The molecule has 1 aliphatic heterocycles. The third-order valence-electron chi connectivity index (χ3n) is 5.50. The number of nitrogens with zero attached hydrogens (tertiary/aromatic N) is 2. The predicted molar refractivity (Wildman–Crippen MR) is 102 cm³/mol. The van der Waals surface area contributed by atoms with Crippen molar-refractivity contribution in [3.05, 3.63) is 54.2 Å². The highest BCUT2D eigenvalue weighted by atomic mass is 19.1. The molecular formula is C21H24FN3O3. The Hall–Kier alpha value is -2.83. The van der Waals surface area contributed by atoms with Gasteiger partial charge in [-0.3, -0.25) is 9.59 Å². The van der Waals surface area contributed by atoms with E-state index in [0.717, 1.165) is 31.0 Å². The second-order valence-corrected chi connectivity index (χ2v) is 7.35. The first-order chi connectivity index (χ1) is 13.6. The van der Waals surface area contributed by atoms with Gasteiger partial charge in [-0.2, -0.15) is 0 Å². The molecular weight excluding hydrogens is 361 g/mol. The number of rotatable bonds is 6. The van der Waals surface area contributed by atoms with Gasteiger partial charge in [0.25, 0.3) is 0 Å². The van der Waals surface area contributed by atoms with Gasteiger partial charge in [-0.15, -0.1) is 0 Å². The zero-order chi connectivity index (χ0) is 19.5. The lowest BCUT2D eigenvalue weighted by Gasteiger charge is -2.36. The smallest absolute Gasteiger partial charge is 0.224 e. The summed E-state index contributed by atoms with van der Waals surface area (Å²) in [6, 6.07) is 10.1. The number of carbonyl (C=O) groups is 2. The average molecular weight is 385 g/mol. The lowest BCUT2D eigenvalue weighted by molar-refractivity contribution is -0.131. The number of nitrogens with one attached hydrogen (secondary N) is 1. The summed E-state index contributed by atoms with van der Waals surface area (Å²) in [4.78, 5) is 28.6. The third kappa shape index (κ3) is 4.18. The Morgan fingerprint density at radius 3 is 2.54 bits per heavy atom. The molecule has 0 radical (unpaired) electrons. The van der Waals surface area contributed by atoms with Crippen molar-refractivity contribution in [2.45, 2.75) is 18.8 Å². The molecule has 1 aromatic carbocycles. The highest BCUT2D eigenvalue weighted by Crippen LogP contribution is 2.47. The van der Waals surface area contributed by atoms with Gasteiger partial charge in [0.05, 0.1) is 6.26 Å². The van der Waals surface area contributed by atoms with Crippen LogP contribution in [0.5, 0.6) is 0 Å². The van der Waals surface area contributed by atoms with E-state index in [4.69, 9.17) is 4.42 Å².